The number of hydrogen-bond donors (Lipinski definition) is 1. The highest BCUT2D eigenvalue weighted by atomic mass is 35.5. The summed E-state index contributed by atoms with van der Waals surface area (Å²) in [6.07, 6.45) is 1.73. The number of anilines is 1. The fourth-order valence-electron chi connectivity index (χ4n) is 3.78. The topological polar surface area (TPSA) is 89.7 Å². The highest BCUT2D eigenvalue weighted by molar-refractivity contribution is 6.30. The molecule has 1 fully saturated rings. The Bertz CT molecular complexity index is 1070. The first-order valence-electron chi connectivity index (χ1n) is 10.4. The molecule has 1 amide bonds. The second-order valence-electron chi connectivity index (χ2n) is 7.65. The van der Waals surface area contributed by atoms with Crippen LogP contribution in [-0.2, 0) is 11.3 Å². The fourth-order valence-corrected chi connectivity index (χ4v) is 3.90. The summed E-state index contributed by atoms with van der Waals surface area (Å²) < 4.78 is 16.0. The normalized spacial score (nSPS) is 16.5. The van der Waals surface area contributed by atoms with Crippen molar-refractivity contribution in [3.05, 3.63) is 53.4 Å². The number of nitrogens with one attached hydrogen (secondary N) is 1. The van der Waals surface area contributed by atoms with Gasteiger partial charge in [0.2, 0.25) is 17.6 Å². The van der Waals surface area contributed by atoms with Gasteiger partial charge < -0.3 is 19.3 Å². The highest BCUT2D eigenvalue weighted by Gasteiger charge is 2.27. The van der Waals surface area contributed by atoms with Crippen molar-refractivity contribution in [1.82, 2.24) is 15.0 Å². The lowest BCUT2D eigenvalue weighted by Gasteiger charge is -2.31. The minimum Gasteiger partial charge on any atom is -0.497 e. The molecule has 9 heteroatoms. The zero-order chi connectivity index (χ0) is 22.5. The molecule has 1 aliphatic rings. The van der Waals surface area contributed by atoms with E-state index in [9.17, 15) is 4.79 Å². The van der Waals surface area contributed by atoms with E-state index in [1.807, 2.05) is 12.1 Å². The lowest BCUT2D eigenvalue weighted by molar-refractivity contribution is -0.121. The van der Waals surface area contributed by atoms with Crippen LogP contribution < -0.4 is 14.8 Å². The summed E-state index contributed by atoms with van der Waals surface area (Å²) in [5.41, 5.74) is 1.47. The number of likely N-dealkylation sites (tertiary alicyclic amines) is 1. The lowest BCUT2D eigenvalue weighted by atomic mass is 9.97. The number of nitrogens with zero attached hydrogens (tertiary/aromatic N) is 3. The molecular weight excluding hydrogens is 432 g/mol. The van der Waals surface area contributed by atoms with Crippen molar-refractivity contribution in [3.8, 4) is 22.9 Å². The number of methoxy groups -OCH3 is 2. The van der Waals surface area contributed by atoms with Crippen molar-refractivity contribution < 1.29 is 18.8 Å². The van der Waals surface area contributed by atoms with Gasteiger partial charge in [-0.25, -0.2) is 0 Å². The van der Waals surface area contributed by atoms with Crippen molar-refractivity contribution in [2.75, 3.05) is 32.6 Å². The number of rotatable bonds is 7. The van der Waals surface area contributed by atoms with E-state index in [0.717, 1.165) is 24.9 Å². The Hall–Kier alpha value is -3.10. The van der Waals surface area contributed by atoms with Crippen molar-refractivity contribution in [1.29, 1.82) is 0 Å². The number of carbonyl (C=O) groups is 1. The van der Waals surface area contributed by atoms with Gasteiger partial charge in [0.05, 0.1) is 32.4 Å². The highest BCUT2D eigenvalue weighted by Crippen LogP contribution is 2.30. The summed E-state index contributed by atoms with van der Waals surface area (Å²) in [7, 11) is 3.15. The molecule has 1 unspecified atom stereocenters. The van der Waals surface area contributed by atoms with Crippen LogP contribution in [0.15, 0.2) is 47.0 Å². The Morgan fingerprint density at radius 2 is 2.03 bits per heavy atom. The van der Waals surface area contributed by atoms with E-state index in [0.29, 0.717) is 47.0 Å². The van der Waals surface area contributed by atoms with Crippen LogP contribution in [0.2, 0.25) is 5.02 Å². The van der Waals surface area contributed by atoms with Gasteiger partial charge in [0.1, 0.15) is 11.5 Å². The summed E-state index contributed by atoms with van der Waals surface area (Å²) >= 11 is 5.94. The first kappa shape index (κ1) is 22.1. The summed E-state index contributed by atoms with van der Waals surface area (Å²) in [4.78, 5) is 19.6. The van der Waals surface area contributed by atoms with Gasteiger partial charge in [-0.2, -0.15) is 4.98 Å². The van der Waals surface area contributed by atoms with Crippen LogP contribution in [0.3, 0.4) is 0 Å². The number of piperidine rings is 1. The third-order valence-electron chi connectivity index (χ3n) is 5.47. The number of ether oxygens (including phenoxy) is 2. The summed E-state index contributed by atoms with van der Waals surface area (Å²) in [5, 5.41) is 7.71. The molecule has 4 rings (SSSR count). The van der Waals surface area contributed by atoms with Gasteiger partial charge in [-0.05, 0) is 55.8 Å². The van der Waals surface area contributed by atoms with Crippen LogP contribution in [-0.4, -0.2) is 48.3 Å². The Morgan fingerprint density at radius 1 is 1.22 bits per heavy atom. The third-order valence-corrected chi connectivity index (χ3v) is 5.72. The van der Waals surface area contributed by atoms with E-state index in [4.69, 9.17) is 25.6 Å². The number of aromatic nitrogens is 2. The first-order valence-corrected chi connectivity index (χ1v) is 10.8. The zero-order valence-electron chi connectivity index (χ0n) is 18.0. The van der Waals surface area contributed by atoms with E-state index < -0.39 is 0 Å². The fraction of sp³-hybridized carbons (Fsp3) is 0.348. The average Bonchev–Trinajstić information content (AvgIpc) is 3.28. The number of carbonyl (C=O) groups excluding carboxylic acids is 1. The van der Waals surface area contributed by atoms with Crippen molar-refractivity contribution in [3.63, 3.8) is 0 Å². The van der Waals surface area contributed by atoms with Crippen molar-refractivity contribution in [2.45, 2.75) is 19.4 Å². The molecule has 1 aliphatic heterocycles. The predicted octanol–water partition coefficient (Wildman–Crippen LogP) is 4.26. The van der Waals surface area contributed by atoms with E-state index >= 15 is 0 Å². The summed E-state index contributed by atoms with van der Waals surface area (Å²) in [6, 6.07) is 12.6. The smallest absolute Gasteiger partial charge is 0.241 e. The van der Waals surface area contributed by atoms with E-state index in [1.54, 1.807) is 44.6 Å². The Morgan fingerprint density at radius 3 is 2.78 bits per heavy atom. The minimum atomic E-state index is -0.144. The molecule has 2 aromatic carbocycles. The minimum absolute atomic E-state index is 0.0365. The number of amides is 1. The van der Waals surface area contributed by atoms with Crippen LogP contribution in [0.5, 0.6) is 11.5 Å². The number of hydrogen-bond acceptors (Lipinski definition) is 7. The van der Waals surface area contributed by atoms with Gasteiger partial charge >= 0.3 is 0 Å². The monoisotopic (exact) mass is 456 g/mol. The van der Waals surface area contributed by atoms with Gasteiger partial charge in [0, 0.05) is 23.2 Å². The third kappa shape index (κ3) is 5.20. The molecule has 1 N–H and O–H groups in total. The largest absolute Gasteiger partial charge is 0.497 e. The van der Waals surface area contributed by atoms with Gasteiger partial charge in [-0.15, -0.1) is 0 Å². The molecule has 1 atom stereocenters. The molecule has 1 aromatic heterocycles. The molecule has 0 spiro atoms. The summed E-state index contributed by atoms with van der Waals surface area (Å²) in [5.74, 6) is 2.09. The summed E-state index contributed by atoms with van der Waals surface area (Å²) in [6.45, 7) is 1.98. The predicted molar refractivity (Wildman–Crippen MR) is 121 cm³/mol. The molecule has 8 nitrogen and oxygen atoms in total. The van der Waals surface area contributed by atoms with Gasteiger partial charge in [0.25, 0.3) is 0 Å². The molecule has 2 heterocycles. The molecule has 3 aromatic rings. The maximum atomic E-state index is 12.9. The van der Waals surface area contributed by atoms with E-state index in [-0.39, 0.29) is 11.8 Å². The van der Waals surface area contributed by atoms with Crippen LogP contribution in [0.4, 0.5) is 5.69 Å². The van der Waals surface area contributed by atoms with Crippen LogP contribution >= 0.6 is 11.6 Å². The molecule has 0 bridgehead atoms. The Balaban J connectivity index is 1.37. The van der Waals surface area contributed by atoms with Crippen LogP contribution in [0.25, 0.3) is 11.4 Å². The molecule has 168 valence electrons. The van der Waals surface area contributed by atoms with E-state index in [1.165, 1.54) is 0 Å². The van der Waals surface area contributed by atoms with Crippen LogP contribution in [0.1, 0.15) is 18.7 Å². The SMILES string of the molecule is COc1ccc(NC(=O)C2CCCN(Cc3nc(-c4ccc(Cl)cc4)no3)C2)c(OC)c1. The molecular formula is C23H25ClN4O4. The Labute approximate surface area is 191 Å². The molecule has 0 saturated carbocycles. The van der Waals surface area contributed by atoms with Gasteiger partial charge in [0.15, 0.2) is 0 Å². The van der Waals surface area contributed by atoms with Crippen molar-refractivity contribution >= 4 is 23.2 Å². The second kappa shape index (κ2) is 10.0. The van der Waals surface area contributed by atoms with E-state index in [2.05, 4.69) is 20.4 Å². The second-order valence-corrected chi connectivity index (χ2v) is 8.08. The van der Waals surface area contributed by atoms with Gasteiger partial charge in [-0.3, -0.25) is 9.69 Å². The first-order chi connectivity index (χ1) is 15.6. The maximum Gasteiger partial charge on any atom is 0.241 e. The molecule has 1 saturated heterocycles. The van der Waals surface area contributed by atoms with Crippen molar-refractivity contribution in [2.24, 2.45) is 5.92 Å². The molecule has 0 radical (unpaired) electrons. The average molecular weight is 457 g/mol. The van der Waals surface area contributed by atoms with Gasteiger partial charge in [-0.1, -0.05) is 16.8 Å². The zero-order valence-corrected chi connectivity index (χ0v) is 18.8. The Kier molecular flexibility index (Phi) is 6.92. The standard InChI is InChI=1S/C23H25ClN4O4/c1-30-18-9-10-19(20(12-18)31-2)25-23(29)16-4-3-11-28(13-16)14-21-26-22(27-32-21)15-5-7-17(24)8-6-15/h5-10,12,16H,3-4,11,13-14H2,1-2H3,(H,25,29). The maximum absolute atomic E-state index is 12.9. The lowest BCUT2D eigenvalue weighted by Crippen LogP contribution is -2.40. The molecule has 32 heavy (non-hydrogen) atoms. The molecule has 0 aliphatic carbocycles. The van der Waals surface area contributed by atoms with Crippen LogP contribution in [0, 0.1) is 5.92 Å². The number of halogens is 1. The quantitative estimate of drug-likeness (QED) is 0.568. The number of benzene rings is 2.